The molecule has 24 heavy (non-hydrogen) atoms. The van der Waals surface area contributed by atoms with Crippen molar-refractivity contribution in [1.29, 1.82) is 0 Å². The van der Waals surface area contributed by atoms with Crippen LogP contribution in [0, 0.1) is 19.8 Å². The summed E-state index contributed by atoms with van der Waals surface area (Å²) in [6.07, 6.45) is 1.11. The summed E-state index contributed by atoms with van der Waals surface area (Å²) >= 11 is 6.41. The molecule has 0 radical (unpaired) electrons. The van der Waals surface area contributed by atoms with Gasteiger partial charge in [-0.15, -0.1) is 0 Å². The van der Waals surface area contributed by atoms with Crippen molar-refractivity contribution in [2.24, 2.45) is 5.92 Å². The number of aromatic nitrogens is 3. The van der Waals surface area contributed by atoms with Crippen LogP contribution >= 0.6 is 11.6 Å². The molecule has 126 valence electrons. The quantitative estimate of drug-likeness (QED) is 0.699. The van der Waals surface area contributed by atoms with Gasteiger partial charge < -0.3 is 5.32 Å². The number of nitrogens with one attached hydrogen (secondary N) is 1. The van der Waals surface area contributed by atoms with Crippen LogP contribution in [0.15, 0.2) is 30.3 Å². The van der Waals surface area contributed by atoms with Crippen molar-refractivity contribution in [3.8, 4) is 11.1 Å². The summed E-state index contributed by atoms with van der Waals surface area (Å²) in [6, 6.07) is 9.88. The summed E-state index contributed by atoms with van der Waals surface area (Å²) in [5, 5.41) is 8.91. The van der Waals surface area contributed by atoms with Gasteiger partial charge in [-0.3, -0.25) is 0 Å². The lowest BCUT2D eigenvalue weighted by Gasteiger charge is -2.11. The third kappa shape index (κ3) is 3.24. The number of halogens is 1. The highest BCUT2D eigenvalue weighted by Crippen LogP contribution is 2.33. The number of hydrogen-bond donors (Lipinski definition) is 1. The van der Waals surface area contributed by atoms with Gasteiger partial charge in [-0.25, -0.2) is 4.98 Å². The molecule has 0 spiro atoms. The maximum atomic E-state index is 6.41. The van der Waals surface area contributed by atoms with Gasteiger partial charge >= 0.3 is 0 Å². The van der Waals surface area contributed by atoms with E-state index >= 15 is 0 Å². The van der Waals surface area contributed by atoms with E-state index in [1.807, 2.05) is 48.7 Å². The molecule has 0 fully saturated rings. The van der Waals surface area contributed by atoms with E-state index in [0.717, 1.165) is 46.9 Å². The molecule has 0 saturated heterocycles. The molecule has 0 bridgehead atoms. The van der Waals surface area contributed by atoms with Crippen LogP contribution < -0.4 is 5.32 Å². The number of rotatable bonds is 5. The second-order valence-electron chi connectivity index (χ2n) is 6.57. The SMILES string of the molecule is Cc1cc(NCCC(C)C)n2nc(C)c(-c3ccccc3Cl)c2n1. The number of hydrogen-bond acceptors (Lipinski definition) is 3. The molecule has 0 aliphatic heterocycles. The van der Waals surface area contributed by atoms with Crippen LogP contribution in [0.4, 0.5) is 5.82 Å². The normalized spacial score (nSPS) is 11.4. The third-order valence-electron chi connectivity index (χ3n) is 4.06. The molecule has 2 aromatic heterocycles. The van der Waals surface area contributed by atoms with Gasteiger partial charge in [0.1, 0.15) is 5.82 Å². The molecule has 2 heterocycles. The first-order valence-corrected chi connectivity index (χ1v) is 8.71. The maximum Gasteiger partial charge on any atom is 0.165 e. The summed E-state index contributed by atoms with van der Waals surface area (Å²) < 4.78 is 1.89. The lowest BCUT2D eigenvalue weighted by atomic mass is 10.1. The van der Waals surface area contributed by atoms with Crippen LogP contribution in [0.1, 0.15) is 31.7 Å². The van der Waals surface area contributed by atoms with Crippen molar-refractivity contribution in [3.63, 3.8) is 0 Å². The fourth-order valence-corrected chi connectivity index (χ4v) is 3.07. The molecule has 5 heteroatoms. The minimum Gasteiger partial charge on any atom is -0.370 e. The number of nitrogens with zero attached hydrogens (tertiary/aromatic N) is 3. The maximum absolute atomic E-state index is 6.41. The molecule has 3 rings (SSSR count). The molecule has 0 atom stereocenters. The van der Waals surface area contributed by atoms with Crippen molar-refractivity contribution >= 4 is 23.1 Å². The predicted molar refractivity (Wildman–Crippen MR) is 101 cm³/mol. The summed E-state index contributed by atoms with van der Waals surface area (Å²) in [6.45, 7) is 9.37. The molecule has 1 aromatic carbocycles. The zero-order valence-corrected chi connectivity index (χ0v) is 15.4. The van der Waals surface area contributed by atoms with Crippen LogP contribution in [0.3, 0.4) is 0 Å². The van der Waals surface area contributed by atoms with Gasteiger partial charge in [-0.2, -0.15) is 9.61 Å². The van der Waals surface area contributed by atoms with Crippen molar-refractivity contribution in [2.75, 3.05) is 11.9 Å². The van der Waals surface area contributed by atoms with E-state index in [1.54, 1.807) is 0 Å². The van der Waals surface area contributed by atoms with Crippen LogP contribution in [-0.4, -0.2) is 21.1 Å². The van der Waals surface area contributed by atoms with Crippen LogP contribution in [-0.2, 0) is 0 Å². The molecule has 3 aromatic rings. The van der Waals surface area contributed by atoms with Crippen molar-refractivity contribution in [1.82, 2.24) is 14.6 Å². The Hall–Kier alpha value is -2.07. The highest BCUT2D eigenvalue weighted by molar-refractivity contribution is 6.33. The van der Waals surface area contributed by atoms with E-state index in [0.29, 0.717) is 10.9 Å². The topological polar surface area (TPSA) is 42.2 Å². The van der Waals surface area contributed by atoms with Gasteiger partial charge in [-0.1, -0.05) is 43.6 Å². The van der Waals surface area contributed by atoms with Crippen LogP contribution in [0.2, 0.25) is 5.02 Å². The van der Waals surface area contributed by atoms with Crippen LogP contribution in [0.25, 0.3) is 16.8 Å². The van der Waals surface area contributed by atoms with Crippen LogP contribution in [0.5, 0.6) is 0 Å². The first-order valence-electron chi connectivity index (χ1n) is 8.33. The van der Waals surface area contributed by atoms with Gasteiger partial charge in [0, 0.05) is 28.9 Å². The third-order valence-corrected chi connectivity index (χ3v) is 4.39. The average Bonchev–Trinajstić information content (AvgIpc) is 2.83. The molecule has 0 amide bonds. The van der Waals surface area contributed by atoms with E-state index in [2.05, 4.69) is 19.2 Å². The second-order valence-corrected chi connectivity index (χ2v) is 6.97. The van der Waals surface area contributed by atoms with Gasteiger partial charge in [0.2, 0.25) is 0 Å². The molecule has 0 aliphatic rings. The van der Waals surface area contributed by atoms with Crippen molar-refractivity contribution in [2.45, 2.75) is 34.1 Å². The zero-order chi connectivity index (χ0) is 17.3. The number of fused-ring (bicyclic) bond motifs is 1. The van der Waals surface area contributed by atoms with Gasteiger partial charge in [0.25, 0.3) is 0 Å². The Morgan fingerprint density at radius 3 is 2.67 bits per heavy atom. The summed E-state index contributed by atoms with van der Waals surface area (Å²) in [5.74, 6) is 1.63. The van der Waals surface area contributed by atoms with E-state index < -0.39 is 0 Å². The molecule has 0 saturated carbocycles. The lowest BCUT2D eigenvalue weighted by Crippen LogP contribution is -2.10. The van der Waals surface area contributed by atoms with Gasteiger partial charge in [0.05, 0.1) is 11.3 Å². The number of aryl methyl sites for hydroxylation is 2. The van der Waals surface area contributed by atoms with Gasteiger partial charge in [0.15, 0.2) is 5.65 Å². The summed E-state index contributed by atoms with van der Waals surface area (Å²) in [4.78, 5) is 4.72. The summed E-state index contributed by atoms with van der Waals surface area (Å²) in [5.41, 5.74) is 4.69. The monoisotopic (exact) mass is 342 g/mol. The highest BCUT2D eigenvalue weighted by atomic mass is 35.5. The average molecular weight is 343 g/mol. The highest BCUT2D eigenvalue weighted by Gasteiger charge is 2.17. The number of benzene rings is 1. The van der Waals surface area contributed by atoms with E-state index in [4.69, 9.17) is 21.7 Å². The molecular weight excluding hydrogens is 320 g/mol. The second kappa shape index (κ2) is 6.81. The molecule has 0 unspecified atom stereocenters. The van der Waals surface area contributed by atoms with Gasteiger partial charge in [-0.05, 0) is 32.3 Å². The fourth-order valence-electron chi connectivity index (χ4n) is 2.84. The lowest BCUT2D eigenvalue weighted by molar-refractivity contribution is 0.605. The molecular formula is C19H23ClN4. The van der Waals surface area contributed by atoms with E-state index in [-0.39, 0.29) is 0 Å². The van der Waals surface area contributed by atoms with Crippen molar-refractivity contribution in [3.05, 3.63) is 46.7 Å². The fraction of sp³-hybridized carbons (Fsp3) is 0.368. The Labute approximate surface area is 147 Å². The zero-order valence-electron chi connectivity index (χ0n) is 14.6. The predicted octanol–water partition coefficient (Wildman–Crippen LogP) is 5.12. The van der Waals surface area contributed by atoms with E-state index in [9.17, 15) is 0 Å². The van der Waals surface area contributed by atoms with E-state index in [1.165, 1.54) is 0 Å². The first-order chi connectivity index (χ1) is 11.5. The largest absolute Gasteiger partial charge is 0.370 e. The Balaban J connectivity index is 2.11. The Morgan fingerprint density at radius 2 is 1.96 bits per heavy atom. The number of anilines is 1. The van der Waals surface area contributed by atoms with Crippen molar-refractivity contribution < 1.29 is 0 Å². The Kier molecular flexibility index (Phi) is 4.76. The first kappa shape index (κ1) is 16.8. The summed E-state index contributed by atoms with van der Waals surface area (Å²) in [7, 11) is 0. The minimum absolute atomic E-state index is 0.661. The molecule has 1 N–H and O–H groups in total. The standard InChI is InChI=1S/C19H23ClN4/c1-12(2)9-10-21-17-11-13(3)22-19-18(14(4)23-24(17)19)15-7-5-6-8-16(15)20/h5-8,11-12,21H,9-10H2,1-4H3. The Bertz CT molecular complexity index is 867. The minimum atomic E-state index is 0.661. The smallest absolute Gasteiger partial charge is 0.165 e. The Morgan fingerprint density at radius 1 is 1.21 bits per heavy atom. The molecule has 4 nitrogen and oxygen atoms in total. The molecule has 0 aliphatic carbocycles.